The monoisotopic (exact) mass is 509 g/mol. The molecular weight excluding hydrogens is 486 g/mol. The number of nitrogens with zero attached hydrogens (tertiary/aromatic N) is 5. The Hall–Kier alpha value is -4.57. The average molecular weight is 510 g/mol. The van der Waals surface area contributed by atoms with Crippen molar-refractivity contribution in [3.8, 4) is 34.2 Å². The first-order valence-electron chi connectivity index (χ1n) is 11.7. The fraction of sp³-hybridized carbons (Fsp3) is 0.111. The molecule has 0 atom stereocenters. The van der Waals surface area contributed by atoms with Gasteiger partial charge in [0.2, 0.25) is 16.9 Å². The predicted molar refractivity (Wildman–Crippen MR) is 143 cm³/mol. The van der Waals surface area contributed by atoms with Gasteiger partial charge in [-0.1, -0.05) is 54.2 Å². The fourth-order valence-corrected chi connectivity index (χ4v) is 5.12. The van der Waals surface area contributed by atoms with Gasteiger partial charge in [-0.3, -0.25) is 4.79 Å². The molecule has 0 saturated carbocycles. The molecule has 0 unspecified atom stereocenters. The lowest BCUT2D eigenvalue weighted by atomic mass is 10.1. The first kappa shape index (κ1) is 22.9. The standard InChI is InChI=1S/C27H23N7O2S/c1-36-20-13-11-18(12-14-20)29-23(35)16-37-27-31-30-26(33(27)28)24-22-15-17-7-5-6-10-21(17)25(22)34(32-24)19-8-3-2-4-9-19/h2-14H,15-16,28H2,1H3,(H,29,35). The lowest BCUT2D eigenvalue weighted by Gasteiger charge is -2.07. The van der Waals surface area contributed by atoms with Gasteiger partial charge in [-0.05, 0) is 42.0 Å². The van der Waals surface area contributed by atoms with Crippen LogP contribution in [0.4, 0.5) is 5.69 Å². The van der Waals surface area contributed by atoms with E-state index >= 15 is 0 Å². The molecule has 0 bridgehead atoms. The van der Waals surface area contributed by atoms with Crippen LogP contribution in [0.2, 0.25) is 0 Å². The highest BCUT2D eigenvalue weighted by atomic mass is 32.2. The van der Waals surface area contributed by atoms with E-state index < -0.39 is 0 Å². The Balaban J connectivity index is 1.27. The summed E-state index contributed by atoms with van der Waals surface area (Å²) in [5.41, 5.74) is 6.78. The number of hydrogen-bond acceptors (Lipinski definition) is 7. The Morgan fingerprint density at radius 1 is 1.03 bits per heavy atom. The lowest BCUT2D eigenvalue weighted by Crippen LogP contribution is -2.16. The van der Waals surface area contributed by atoms with Gasteiger partial charge in [-0.15, -0.1) is 10.2 Å². The summed E-state index contributed by atoms with van der Waals surface area (Å²) in [5.74, 6) is 7.56. The molecule has 1 aliphatic rings. The minimum Gasteiger partial charge on any atom is -0.497 e. The highest BCUT2D eigenvalue weighted by Crippen LogP contribution is 2.42. The number of carbonyl (C=O) groups excluding carboxylic acids is 1. The number of aromatic nitrogens is 5. The van der Waals surface area contributed by atoms with E-state index in [2.05, 4.69) is 27.6 Å². The summed E-state index contributed by atoms with van der Waals surface area (Å²) in [7, 11) is 1.60. The summed E-state index contributed by atoms with van der Waals surface area (Å²) >= 11 is 1.21. The van der Waals surface area contributed by atoms with Gasteiger partial charge in [0.1, 0.15) is 11.4 Å². The normalized spacial score (nSPS) is 11.7. The number of anilines is 1. The number of amides is 1. The molecule has 6 rings (SSSR count). The number of para-hydroxylation sites is 1. The Kier molecular flexibility index (Phi) is 5.85. The topological polar surface area (TPSA) is 113 Å². The van der Waals surface area contributed by atoms with Crippen molar-refractivity contribution < 1.29 is 9.53 Å². The summed E-state index contributed by atoms with van der Waals surface area (Å²) in [6.45, 7) is 0. The Morgan fingerprint density at radius 3 is 2.57 bits per heavy atom. The average Bonchev–Trinajstić information content (AvgIpc) is 3.60. The molecule has 9 nitrogen and oxygen atoms in total. The first-order chi connectivity index (χ1) is 18.1. The lowest BCUT2D eigenvalue weighted by molar-refractivity contribution is -0.113. The highest BCUT2D eigenvalue weighted by Gasteiger charge is 2.31. The molecule has 1 aliphatic carbocycles. The third kappa shape index (κ3) is 4.21. The number of thioether (sulfide) groups is 1. The third-order valence-corrected chi connectivity index (χ3v) is 7.15. The molecule has 3 aromatic carbocycles. The van der Waals surface area contributed by atoms with Crippen LogP contribution in [-0.2, 0) is 11.2 Å². The summed E-state index contributed by atoms with van der Waals surface area (Å²) < 4.78 is 8.50. The molecule has 0 spiro atoms. The number of nitrogen functional groups attached to an aromatic ring is 1. The predicted octanol–water partition coefficient (Wildman–Crippen LogP) is 4.16. The van der Waals surface area contributed by atoms with E-state index in [1.807, 2.05) is 47.1 Å². The fourth-order valence-electron chi connectivity index (χ4n) is 4.46. The Morgan fingerprint density at radius 2 is 1.78 bits per heavy atom. The second kappa shape index (κ2) is 9.47. The largest absolute Gasteiger partial charge is 0.497 e. The maximum Gasteiger partial charge on any atom is 0.234 e. The van der Waals surface area contributed by atoms with Crippen molar-refractivity contribution in [3.05, 3.63) is 90.0 Å². The smallest absolute Gasteiger partial charge is 0.234 e. The van der Waals surface area contributed by atoms with E-state index in [1.165, 1.54) is 22.0 Å². The van der Waals surface area contributed by atoms with Crippen LogP contribution in [0.15, 0.2) is 84.0 Å². The zero-order valence-electron chi connectivity index (χ0n) is 20.0. The van der Waals surface area contributed by atoms with Crippen molar-refractivity contribution >= 4 is 23.4 Å². The number of fused-ring (bicyclic) bond motifs is 3. The molecule has 0 fully saturated rings. The number of hydrogen-bond donors (Lipinski definition) is 2. The first-order valence-corrected chi connectivity index (χ1v) is 12.6. The zero-order chi connectivity index (χ0) is 25.4. The van der Waals surface area contributed by atoms with E-state index in [0.29, 0.717) is 22.4 Å². The van der Waals surface area contributed by atoms with Gasteiger partial charge in [0, 0.05) is 23.2 Å². The van der Waals surface area contributed by atoms with Gasteiger partial charge in [-0.2, -0.15) is 5.10 Å². The molecule has 0 aliphatic heterocycles. The summed E-state index contributed by atoms with van der Waals surface area (Å²) in [5, 5.41) is 16.8. The molecule has 1 amide bonds. The number of rotatable bonds is 7. The zero-order valence-corrected chi connectivity index (χ0v) is 20.8. The maximum atomic E-state index is 12.5. The van der Waals surface area contributed by atoms with Crippen molar-refractivity contribution in [2.45, 2.75) is 11.6 Å². The van der Waals surface area contributed by atoms with Gasteiger partial charge < -0.3 is 15.9 Å². The van der Waals surface area contributed by atoms with Crippen LogP contribution in [-0.4, -0.2) is 43.4 Å². The third-order valence-electron chi connectivity index (χ3n) is 6.21. The summed E-state index contributed by atoms with van der Waals surface area (Å²) in [6, 6.07) is 25.5. The number of nitrogens with two attached hydrogens (primary N) is 1. The van der Waals surface area contributed by atoms with Crippen LogP contribution < -0.4 is 15.9 Å². The van der Waals surface area contributed by atoms with E-state index in [4.69, 9.17) is 15.7 Å². The van der Waals surface area contributed by atoms with Crippen LogP contribution in [0.1, 0.15) is 11.1 Å². The molecule has 184 valence electrons. The molecule has 10 heteroatoms. The maximum absolute atomic E-state index is 12.5. The van der Waals surface area contributed by atoms with Gasteiger partial charge in [-0.25, -0.2) is 9.36 Å². The Labute approximate surface area is 217 Å². The second-order valence-corrected chi connectivity index (χ2v) is 9.44. The van der Waals surface area contributed by atoms with Gasteiger partial charge in [0.15, 0.2) is 0 Å². The Bertz CT molecular complexity index is 1590. The number of benzene rings is 3. The quantitative estimate of drug-likeness (QED) is 0.245. The van der Waals surface area contributed by atoms with Gasteiger partial charge in [0.25, 0.3) is 0 Å². The molecule has 5 aromatic rings. The highest BCUT2D eigenvalue weighted by molar-refractivity contribution is 7.99. The van der Waals surface area contributed by atoms with Crippen molar-refractivity contribution in [1.82, 2.24) is 24.7 Å². The van der Waals surface area contributed by atoms with Crippen LogP contribution >= 0.6 is 11.8 Å². The van der Waals surface area contributed by atoms with E-state index in [9.17, 15) is 4.79 Å². The van der Waals surface area contributed by atoms with E-state index in [-0.39, 0.29) is 11.7 Å². The number of methoxy groups -OCH3 is 1. The SMILES string of the molecule is COc1ccc(NC(=O)CSc2nnc(-c3nn(-c4ccccc4)c4c3Cc3ccccc3-4)n2N)cc1. The van der Waals surface area contributed by atoms with Crippen LogP contribution in [0.3, 0.4) is 0 Å². The second-order valence-electron chi connectivity index (χ2n) is 8.50. The summed E-state index contributed by atoms with van der Waals surface area (Å²) in [4.78, 5) is 12.5. The number of nitrogens with one attached hydrogen (secondary N) is 1. The van der Waals surface area contributed by atoms with E-state index in [1.54, 1.807) is 31.4 Å². The molecule has 2 aromatic heterocycles. The molecule has 3 N–H and O–H groups in total. The van der Waals surface area contributed by atoms with Crippen molar-refractivity contribution in [1.29, 1.82) is 0 Å². The number of carbonyl (C=O) groups is 1. The van der Waals surface area contributed by atoms with Crippen LogP contribution in [0.5, 0.6) is 5.75 Å². The van der Waals surface area contributed by atoms with Gasteiger partial charge >= 0.3 is 0 Å². The minimum atomic E-state index is -0.176. The minimum absolute atomic E-state index is 0.128. The molecule has 2 heterocycles. The van der Waals surface area contributed by atoms with Crippen LogP contribution in [0.25, 0.3) is 28.5 Å². The van der Waals surface area contributed by atoms with Crippen molar-refractivity contribution in [2.75, 3.05) is 24.0 Å². The molecular formula is C27H23N7O2S. The molecule has 37 heavy (non-hydrogen) atoms. The van der Waals surface area contributed by atoms with Crippen molar-refractivity contribution in [3.63, 3.8) is 0 Å². The van der Waals surface area contributed by atoms with E-state index in [0.717, 1.165) is 34.7 Å². The van der Waals surface area contributed by atoms with Gasteiger partial charge in [0.05, 0.1) is 24.2 Å². The summed E-state index contributed by atoms with van der Waals surface area (Å²) in [6.07, 6.45) is 0.729. The number of ether oxygens (including phenoxy) is 1. The van der Waals surface area contributed by atoms with Crippen molar-refractivity contribution in [2.24, 2.45) is 0 Å². The molecule has 0 radical (unpaired) electrons. The molecule has 0 saturated heterocycles. The van der Waals surface area contributed by atoms with Crippen LogP contribution in [0, 0.1) is 0 Å².